The predicted molar refractivity (Wildman–Crippen MR) is 117 cm³/mol. The quantitative estimate of drug-likeness (QED) is 0.459. The van der Waals surface area contributed by atoms with Crippen molar-refractivity contribution in [2.45, 2.75) is 24.9 Å². The minimum absolute atomic E-state index is 0.0844. The van der Waals surface area contributed by atoms with E-state index in [-0.39, 0.29) is 21.4 Å². The molecular weight excluding hydrogens is 481 g/mol. The van der Waals surface area contributed by atoms with Crippen LogP contribution in [0.2, 0.25) is 5.02 Å². The number of anilines is 1. The SMILES string of the molecule is Cc1ccc(Cl)c(Oc2nnc(C(F)(F)F)c(C)c2C(=O)Nc2cccc(S(C)(=N)=O)c2)c1. The average Bonchev–Trinajstić information content (AvgIpc) is 2.69. The second-order valence-electron chi connectivity index (χ2n) is 7.21. The number of benzene rings is 2. The van der Waals surface area contributed by atoms with Crippen LogP contribution in [-0.4, -0.2) is 26.6 Å². The van der Waals surface area contributed by atoms with Gasteiger partial charge in [0.25, 0.3) is 11.8 Å². The molecule has 3 aromatic rings. The zero-order chi connectivity index (χ0) is 24.6. The van der Waals surface area contributed by atoms with Gasteiger partial charge in [-0.2, -0.15) is 13.2 Å². The van der Waals surface area contributed by atoms with Gasteiger partial charge in [-0.05, 0) is 55.3 Å². The topological polar surface area (TPSA) is 105 Å². The van der Waals surface area contributed by atoms with Gasteiger partial charge in [-0.1, -0.05) is 23.7 Å². The van der Waals surface area contributed by atoms with E-state index in [0.29, 0.717) is 0 Å². The molecule has 1 atom stereocenters. The second-order valence-corrected chi connectivity index (χ2v) is 9.78. The zero-order valence-electron chi connectivity index (χ0n) is 17.6. The van der Waals surface area contributed by atoms with Crippen molar-refractivity contribution in [1.82, 2.24) is 10.2 Å². The highest BCUT2D eigenvalue weighted by atomic mass is 35.5. The molecule has 33 heavy (non-hydrogen) atoms. The van der Waals surface area contributed by atoms with Crippen molar-refractivity contribution in [2.24, 2.45) is 0 Å². The first-order valence-electron chi connectivity index (χ1n) is 9.31. The molecule has 1 heterocycles. The van der Waals surface area contributed by atoms with Crippen molar-refractivity contribution in [3.05, 3.63) is 69.9 Å². The van der Waals surface area contributed by atoms with Crippen LogP contribution in [-0.2, 0) is 15.9 Å². The van der Waals surface area contributed by atoms with Crippen molar-refractivity contribution in [3.8, 4) is 11.6 Å². The Morgan fingerprint density at radius 1 is 1.15 bits per heavy atom. The standard InChI is InChI=1S/C21H18ClF3N4O3S/c1-11-7-8-15(22)16(9-11)32-20-17(12(2)18(28-29-20)21(23,24)25)19(30)27-13-5-4-6-14(10-13)33(3,26)31/h4-10,26H,1-3H3,(H,27,30). The Labute approximate surface area is 192 Å². The first kappa shape index (κ1) is 24.5. The van der Waals surface area contributed by atoms with Crippen molar-refractivity contribution in [2.75, 3.05) is 11.6 Å². The molecule has 0 aliphatic heterocycles. The Hall–Kier alpha value is -3.18. The summed E-state index contributed by atoms with van der Waals surface area (Å²) < 4.78 is 65.6. The van der Waals surface area contributed by atoms with Crippen LogP contribution >= 0.6 is 11.6 Å². The van der Waals surface area contributed by atoms with Crippen LogP contribution in [0.3, 0.4) is 0 Å². The van der Waals surface area contributed by atoms with Crippen molar-refractivity contribution in [1.29, 1.82) is 4.78 Å². The van der Waals surface area contributed by atoms with E-state index in [1.807, 2.05) is 0 Å². The van der Waals surface area contributed by atoms with Gasteiger partial charge in [0.2, 0.25) is 0 Å². The predicted octanol–water partition coefficient (Wildman–Crippen LogP) is 5.85. The smallest absolute Gasteiger partial charge is 0.435 e. The lowest BCUT2D eigenvalue weighted by atomic mass is 10.1. The third kappa shape index (κ3) is 5.60. The van der Waals surface area contributed by atoms with Crippen molar-refractivity contribution >= 4 is 32.9 Å². The number of hydrogen-bond acceptors (Lipinski definition) is 6. The van der Waals surface area contributed by atoms with Gasteiger partial charge in [0, 0.05) is 16.8 Å². The first-order chi connectivity index (χ1) is 15.3. The Morgan fingerprint density at radius 3 is 2.48 bits per heavy atom. The van der Waals surface area contributed by atoms with Crippen LogP contribution in [0.5, 0.6) is 11.6 Å². The highest BCUT2D eigenvalue weighted by molar-refractivity contribution is 7.91. The minimum Gasteiger partial charge on any atom is -0.435 e. The molecule has 0 saturated heterocycles. The number of nitrogens with one attached hydrogen (secondary N) is 2. The summed E-state index contributed by atoms with van der Waals surface area (Å²) in [4.78, 5) is 13.2. The van der Waals surface area contributed by atoms with Crippen LogP contribution in [0.25, 0.3) is 0 Å². The maximum Gasteiger partial charge on any atom is 0.435 e. The first-order valence-corrected chi connectivity index (χ1v) is 11.7. The van der Waals surface area contributed by atoms with E-state index in [0.717, 1.165) is 12.5 Å². The largest absolute Gasteiger partial charge is 0.435 e. The van der Waals surface area contributed by atoms with E-state index >= 15 is 0 Å². The lowest BCUT2D eigenvalue weighted by molar-refractivity contribution is -0.142. The Morgan fingerprint density at radius 2 is 1.85 bits per heavy atom. The lowest BCUT2D eigenvalue weighted by Gasteiger charge is -2.16. The van der Waals surface area contributed by atoms with E-state index in [9.17, 15) is 22.2 Å². The summed E-state index contributed by atoms with van der Waals surface area (Å²) >= 11 is 6.11. The van der Waals surface area contributed by atoms with E-state index in [1.54, 1.807) is 13.0 Å². The zero-order valence-corrected chi connectivity index (χ0v) is 19.2. The molecule has 12 heteroatoms. The highest BCUT2D eigenvalue weighted by Gasteiger charge is 2.38. The monoisotopic (exact) mass is 498 g/mol. The minimum atomic E-state index is -4.86. The fraction of sp³-hybridized carbons (Fsp3) is 0.190. The van der Waals surface area contributed by atoms with Crippen LogP contribution < -0.4 is 10.1 Å². The number of halogens is 4. The van der Waals surface area contributed by atoms with E-state index in [2.05, 4.69) is 15.5 Å². The van der Waals surface area contributed by atoms with Gasteiger partial charge in [0.15, 0.2) is 5.69 Å². The summed E-state index contributed by atoms with van der Waals surface area (Å²) in [5, 5.41) is 9.32. The molecular formula is C21H18ClF3N4O3S. The van der Waals surface area contributed by atoms with Crippen molar-refractivity contribution in [3.63, 3.8) is 0 Å². The average molecular weight is 499 g/mol. The normalized spacial score (nSPS) is 13.3. The van der Waals surface area contributed by atoms with E-state index < -0.39 is 44.5 Å². The van der Waals surface area contributed by atoms with Gasteiger partial charge in [-0.3, -0.25) is 4.79 Å². The number of alkyl halides is 3. The fourth-order valence-corrected chi connectivity index (χ4v) is 3.76. The highest BCUT2D eigenvalue weighted by Crippen LogP contribution is 2.36. The number of aromatic nitrogens is 2. The summed E-state index contributed by atoms with van der Waals surface area (Å²) in [6.07, 6.45) is -3.65. The number of aryl methyl sites for hydroxylation is 1. The molecule has 2 aromatic carbocycles. The maximum atomic E-state index is 13.4. The molecule has 1 aromatic heterocycles. The molecule has 0 saturated carbocycles. The molecule has 7 nitrogen and oxygen atoms in total. The second kappa shape index (κ2) is 8.99. The van der Waals surface area contributed by atoms with Crippen LogP contribution in [0.1, 0.15) is 27.2 Å². The van der Waals surface area contributed by atoms with Gasteiger partial charge in [0.05, 0.1) is 14.8 Å². The summed E-state index contributed by atoms with van der Waals surface area (Å²) in [5.41, 5.74) is -1.45. The molecule has 0 radical (unpaired) electrons. The van der Waals surface area contributed by atoms with E-state index in [4.69, 9.17) is 21.1 Å². The van der Waals surface area contributed by atoms with Gasteiger partial charge in [0.1, 0.15) is 11.3 Å². The number of hydrogen-bond donors (Lipinski definition) is 2. The molecule has 0 aliphatic rings. The van der Waals surface area contributed by atoms with Crippen molar-refractivity contribution < 1.29 is 26.9 Å². The number of nitrogens with zero attached hydrogens (tertiary/aromatic N) is 2. The van der Waals surface area contributed by atoms with E-state index in [1.165, 1.54) is 42.7 Å². The molecule has 0 spiro atoms. The lowest BCUT2D eigenvalue weighted by Crippen LogP contribution is -2.21. The summed E-state index contributed by atoms with van der Waals surface area (Å²) in [7, 11) is -3.08. The molecule has 0 aliphatic carbocycles. The van der Waals surface area contributed by atoms with Crippen LogP contribution in [0, 0.1) is 18.6 Å². The molecule has 2 N–H and O–H groups in total. The number of amides is 1. The third-order valence-electron chi connectivity index (χ3n) is 4.52. The molecule has 1 amide bonds. The Bertz CT molecular complexity index is 1350. The molecule has 1 unspecified atom stereocenters. The molecule has 174 valence electrons. The molecule has 0 fully saturated rings. The van der Waals surface area contributed by atoms with Gasteiger partial charge < -0.3 is 10.1 Å². The van der Waals surface area contributed by atoms with Gasteiger partial charge in [-0.15, -0.1) is 10.2 Å². The molecule has 3 rings (SSSR count). The van der Waals surface area contributed by atoms with Gasteiger partial charge >= 0.3 is 6.18 Å². The van der Waals surface area contributed by atoms with Gasteiger partial charge in [-0.25, -0.2) is 8.99 Å². The molecule has 0 bridgehead atoms. The summed E-state index contributed by atoms with van der Waals surface area (Å²) in [6, 6.07) is 10.4. The Balaban J connectivity index is 2.09. The summed E-state index contributed by atoms with van der Waals surface area (Å²) in [6.45, 7) is 2.84. The number of ether oxygens (including phenoxy) is 1. The van der Waals surface area contributed by atoms with Crippen LogP contribution in [0.4, 0.5) is 18.9 Å². The number of carbonyl (C=O) groups excluding carboxylic acids is 1. The van der Waals surface area contributed by atoms with Crippen LogP contribution in [0.15, 0.2) is 47.4 Å². The third-order valence-corrected chi connectivity index (χ3v) is 5.98. The maximum absolute atomic E-state index is 13.4. The fourth-order valence-electron chi connectivity index (χ4n) is 2.91. The Kier molecular flexibility index (Phi) is 6.66. The number of rotatable bonds is 5. The number of carbonyl (C=O) groups is 1. The summed E-state index contributed by atoms with van der Waals surface area (Å²) in [5.74, 6) is -1.35.